The lowest BCUT2D eigenvalue weighted by atomic mass is 9.96. The molecule has 0 aliphatic heterocycles. The van der Waals surface area contributed by atoms with E-state index in [1.807, 2.05) is 24.3 Å². The molecule has 2 atom stereocenters. The number of hydrogen-bond acceptors (Lipinski definition) is 7. The normalized spacial score (nSPS) is 12.6. The summed E-state index contributed by atoms with van der Waals surface area (Å²) in [7, 11) is 0. The zero-order valence-electron chi connectivity index (χ0n) is 22.9. The number of esters is 1. The number of nitrogens with one attached hydrogen (secondary N) is 2. The highest BCUT2D eigenvalue weighted by molar-refractivity contribution is 6.10. The van der Waals surface area contributed by atoms with Gasteiger partial charge in [0.1, 0.15) is 11.4 Å². The lowest BCUT2D eigenvalue weighted by molar-refractivity contribution is -0.152. The van der Waals surface area contributed by atoms with Crippen molar-refractivity contribution in [1.29, 1.82) is 0 Å². The largest absolute Gasteiger partial charge is 0.506 e. The van der Waals surface area contributed by atoms with Crippen LogP contribution in [0.1, 0.15) is 28.5 Å². The van der Waals surface area contributed by atoms with Crippen LogP contribution < -0.4 is 11.2 Å². The summed E-state index contributed by atoms with van der Waals surface area (Å²) in [5, 5.41) is 11.4. The van der Waals surface area contributed by atoms with Gasteiger partial charge in [-0.05, 0) is 42.7 Å². The summed E-state index contributed by atoms with van der Waals surface area (Å²) >= 11 is 0. The van der Waals surface area contributed by atoms with Gasteiger partial charge in [0.2, 0.25) is 0 Å². The van der Waals surface area contributed by atoms with Crippen LogP contribution in [0.2, 0.25) is 0 Å². The Morgan fingerprint density at radius 3 is 2.45 bits per heavy atom. The molecule has 0 aliphatic rings. The second-order valence-corrected chi connectivity index (χ2v) is 9.89. The van der Waals surface area contributed by atoms with Gasteiger partial charge in [0, 0.05) is 35.1 Å². The van der Waals surface area contributed by atoms with E-state index in [1.54, 1.807) is 43.5 Å². The maximum atomic E-state index is 14.1. The molecule has 10 nitrogen and oxygen atoms in total. The molecule has 0 bridgehead atoms. The van der Waals surface area contributed by atoms with E-state index in [2.05, 4.69) is 9.97 Å². The number of phenols is 1. The number of pyridine rings is 1. The summed E-state index contributed by atoms with van der Waals surface area (Å²) in [6.07, 6.45) is 1.86. The standard InChI is InChI=1S/C32H30N4O6/c1-2-42-32(41)29(30(39)23(33)15-20-17-34-24-13-7-6-11-21(20)24)36(18-19-9-4-3-5-10-19)31(40)25-16-27(38)22-12-8-14-26(37)28(22)35-25/h3-14,16-17,23,29,34,37H,2,15,18,33H2,1H3,(H,35,38)/t23?,29-/m1/s1. The van der Waals surface area contributed by atoms with Gasteiger partial charge < -0.3 is 30.4 Å². The van der Waals surface area contributed by atoms with Crippen LogP contribution in [0.15, 0.2) is 89.9 Å². The number of fused-ring (bicyclic) bond motifs is 2. The molecule has 5 rings (SSSR count). The topological polar surface area (TPSA) is 159 Å². The highest BCUT2D eigenvalue weighted by Gasteiger charge is 2.40. The first-order valence-corrected chi connectivity index (χ1v) is 13.5. The van der Waals surface area contributed by atoms with Crippen LogP contribution in [-0.4, -0.2) is 56.3 Å². The Morgan fingerprint density at radius 2 is 1.69 bits per heavy atom. The number of ether oxygens (including phenoxy) is 1. The number of amides is 1. The molecule has 0 aliphatic carbocycles. The average molecular weight is 567 g/mol. The number of rotatable bonds is 10. The fraction of sp³-hybridized carbons (Fsp3) is 0.188. The fourth-order valence-corrected chi connectivity index (χ4v) is 5.05. The molecule has 0 spiro atoms. The maximum absolute atomic E-state index is 14.1. The number of carbonyl (C=O) groups excluding carboxylic acids is 3. The Labute approximate surface area is 240 Å². The minimum atomic E-state index is -1.71. The number of nitrogens with two attached hydrogens (primary N) is 1. The number of aromatic amines is 2. The zero-order valence-corrected chi connectivity index (χ0v) is 22.9. The third-order valence-corrected chi connectivity index (χ3v) is 7.10. The molecule has 10 heteroatoms. The highest BCUT2D eigenvalue weighted by Crippen LogP contribution is 2.23. The van der Waals surface area contributed by atoms with E-state index < -0.39 is 35.2 Å². The molecule has 214 valence electrons. The second kappa shape index (κ2) is 12.1. The molecular formula is C32H30N4O6. The monoisotopic (exact) mass is 566 g/mol. The van der Waals surface area contributed by atoms with E-state index in [0.29, 0.717) is 5.56 Å². The molecule has 1 amide bonds. The number of carbonyl (C=O) groups is 3. The van der Waals surface area contributed by atoms with Crippen molar-refractivity contribution in [2.75, 3.05) is 6.61 Å². The summed E-state index contributed by atoms with van der Waals surface area (Å²) in [5.74, 6) is -2.69. The number of Topliss-reactive ketones (excluding diaryl/α,β-unsaturated/α-hetero) is 1. The molecule has 3 aromatic carbocycles. The smallest absolute Gasteiger partial charge is 0.336 e. The molecule has 2 aromatic heterocycles. The third kappa shape index (κ3) is 5.65. The van der Waals surface area contributed by atoms with Crippen LogP contribution in [0.3, 0.4) is 0 Å². The lowest BCUT2D eigenvalue weighted by Gasteiger charge is -2.31. The van der Waals surface area contributed by atoms with Crippen LogP contribution in [0, 0.1) is 0 Å². The van der Waals surface area contributed by atoms with Crippen molar-refractivity contribution in [2.24, 2.45) is 5.73 Å². The number of aromatic hydroxyl groups is 1. The van der Waals surface area contributed by atoms with Crippen LogP contribution >= 0.6 is 0 Å². The predicted octanol–water partition coefficient (Wildman–Crippen LogP) is 3.43. The first kappa shape index (κ1) is 28.3. The van der Waals surface area contributed by atoms with E-state index in [1.165, 1.54) is 18.2 Å². The molecule has 1 unspecified atom stereocenters. The average Bonchev–Trinajstić information content (AvgIpc) is 3.40. The van der Waals surface area contributed by atoms with Crippen molar-refractivity contribution < 1.29 is 24.2 Å². The van der Waals surface area contributed by atoms with Crippen LogP contribution in [0.5, 0.6) is 5.75 Å². The molecular weight excluding hydrogens is 536 g/mol. The second-order valence-electron chi connectivity index (χ2n) is 9.89. The maximum Gasteiger partial charge on any atom is 0.336 e. The Balaban J connectivity index is 1.57. The van der Waals surface area contributed by atoms with Crippen molar-refractivity contribution in [1.82, 2.24) is 14.9 Å². The number of para-hydroxylation sites is 2. The molecule has 0 saturated carbocycles. The minimum absolute atomic E-state index is 0.0334. The quantitative estimate of drug-likeness (QED) is 0.149. The minimum Gasteiger partial charge on any atom is -0.506 e. The van der Waals surface area contributed by atoms with Gasteiger partial charge in [-0.1, -0.05) is 54.6 Å². The molecule has 0 radical (unpaired) electrons. The van der Waals surface area contributed by atoms with Crippen molar-refractivity contribution >= 4 is 39.5 Å². The first-order valence-electron chi connectivity index (χ1n) is 13.5. The van der Waals surface area contributed by atoms with Crippen molar-refractivity contribution in [3.05, 3.63) is 112 Å². The van der Waals surface area contributed by atoms with Crippen LogP contribution in [0.25, 0.3) is 21.8 Å². The van der Waals surface area contributed by atoms with Gasteiger partial charge in [-0.3, -0.25) is 14.4 Å². The summed E-state index contributed by atoms with van der Waals surface area (Å²) in [4.78, 5) is 61.4. The van der Waals surface area contributed by atoms with Crippen molar-refractivity contribution in [2.45, 2.75) is 32.0 Å². The number of H-pyrrole nitrogens is 2. The number of nitrogens with zero attached hydrogens (tertiary/aromatic N) is 1. The van der Waals surface area contributed by atoms with Gasteiger partial charge in [-0.15, -0.1) is 0 Å². The van der Waals surface area contributed by atoms with Gasteiger partial charge in [-0.25, -0.2) is 4.79 Å². The number of ketones is 1. The van der Waals surface area contributed by atoms with Gasteiger partial charge in [0.05, 0.1) is 18.2 Å². The Hall–Kier alpha value is -5.22. The summed E-state index contributed by atoms with van der Waals surface area (Å²) < 4.78 is 5.27. The number of hydrogen-bond donors (Lipinski definition) is 4. The van der Waals surface area contributed by atoms with Gasteiger partial charge in [0.15, 0.2) is 17.3 Å². The van der Waals surface area contributed by atoms with E-state index >= 15 is 0 Å². The number of phenolic OH excluding ortho intramolecular Hbond substituents is 1. The first-order chi connectivity index (χ1) is 20.3. The predicted molar refractivity (Wildman–Crippen MR) is 158 cm³/mol. The van der Waals surface area contributed by atoms with Crippen LogP contribution in [-0.2, 0) is 27.3 Å². The summed E-state index contributed by atoms with van der Waals surface area (Å²) in [6.45, 7) is 1.40. The van der Waals surface area contributed by atoms with Crippen LogP contribution in [0.4, 0.5) is 0 Å². The van der Waals surface area contributed by atoms with Gasteiger partial charge in [-0.2, -0.15) is 0 Å². The molecule has 5 aromatic rings. The number of aromatic nitrogens is 2. The summed E-state index contributed by atoms with van der Waals surface area (Å²) in [6, 6.07) is 19.0. The zero-order chi connectivity index (χ0) is 29.8. The fourth-order valence-electron chi connectivity index (χ4n) is 5.05. The Kier molecular flexibility index (Phi) is 8.16. The van der Waals surface area contributed by atoms with Gasteiger partial charge >= 0.3 is 5.97 Å². The van der Waals surface area contributed by atoms with E-state index in [9.17, 15) is 24.3 Å². The van der Waals surface area contributed by atoms with E-state index in [4.69, 9.17) is 10.5 Å². The Bertz CT molecular complexity index is 1830. The highest BCUT2D eigenvalue weighted by atomic mass is 16.5. The Morgan fingerprint density at radius 1 is 0.976 bits per heavy atom. The molecule has 0 fully saturated rings. The lowest BCUT2D eigenvalue weighted by Crippen LogP contribution is -2.55. The summed E-state index contributed by atoms with van der Waals surface area (Å²) in [5.41, 5.74) is 8.04. The van der Waals surface area contributed by atoms with Gasteiger partial charge in [0.25, 0.3) is 5.91 Å². The SMILES string of the molecule is CCOC(=O)[C@@H](C(=O)C(N)Cc1c[nH]c2ccccc12)N(Cc1ccccc1)C(=O)c1cc(=O)c2cccc(O)c2[nH]1. The van der Waals surface area contributed by atoms with E-state index in [-0.39, 0.29) is 41.9 Å². The molecule has 2 heterocycles. The molecule has 0 saturated heterocycles. The third-order valence-electron chi connectivity index (χ3n) is 7.10. The number of benzene rings is 3. The van der Waals surface area contributed by atoms with Crippen molar-refractivity contribution in [3.63, 3.8) is 0 Å². The van der Waals surface area contributed by atoms with E-state index in [0.717, 1.165) is 27.4 Å². The molecule has 42 heavy (non-hydrogen) atoms. The van der Waals surface area contributed by atoms with Crippen molar-refractivity contribution in [3.8, 4) is 5.75 Å². The molecule has 5 N–H and O–H groups in total.